The average molecular weight is 495 g/mol. The summed E-state index contributed by atoms with van der Waals surface area (Å²) >= 11 is 12.0. The number of carbonyl (C=O) groups is 1. The summed E-state index contributed by atoms with van der Waals surface area (Å²) in [5, 5.41) is 7.64. The van der Waals surface area contributed by atoms with E-state index < -0.39 is 6.17 Å². The number of benzene rings is 2. The summed E-state index contributed by atoms with van der Waals surface area (Å²) in [6.07, 6.45) is 3.04. The maximum Gasteiger partial charge on any atom is 0.272 e. The maximum absolute atomic E-state index is 13.4. The van der Waals surface area contributed by atoms with Gasteiger partial charge in [0.05, 0.1) is 11.4 Å². The van der Waals surface area contributed by atoms with E-state index >= 15 is 0 Å². The van der Waals surface area contributed by atoms with Gasteiger partial charge in [-0.15, -0.1) is 0 Å². The van der Waals surface area contributed by atoms with Crippen molar-refractivity contribution in [2.75, 3.05) is 18.5 Å². The van der Waals surface area contributed by atoms with Gasteiger partial charge in [0.1, 0.15) is 0 Å². The van der Waals surface area contributed by atoms with Gasteiger partial charge in [-0.3, -0.25) is 4.79 Å². The van der Waals surface area contributed by atoms with Crippen molar-refractivity contribution in [1.82, 2.24) is 10.6 Å². The number of carbonyl (C=O) groups excluding carboxylic acids is 1. The van der Waals surface area contributed by atoms with Gasteiger partial charge < -0.3 is 15.5 Å². The number of aliphatic imine (C=N–C) groups is 1. The Kier molecular flexibility index (Phi) is 6.15. The van der Waals surface area contributed by atoms with Gasteiger partial charge in [0.2, 0.25) is 6.17 Å². The van der Waals surface area contributed by atoms with E-state index in [-0.39, 0.29) is 5.91 Å². The van der Waals surface area contributed by atoms with Crippen LogP contribution in [0.15, 0.2) is 53.5 Å². The molecule has 6 rings (SSSR count). The predicted octanol–water partition coefficient (Wildman–Crippen LogP) is 5.02. The van der Waals surface area contributed by atoms with E-state index in [1.165, 1.54) is 19.3 Å². The summed E-state index contributed by atoms with van der Waals surface area (Å²) in [4.78, 5) is 19.9. The second kappa shape index (κ2) is 8.97. The number of rotatable bonds is 4. The van der Waals surface area contributed by atoms with Crippen molar-refractivity contribution in [2.45, 2.75) is 39.3 Å². The number of anilines is 1. The van der Waals surface area contributed by atoms with Crippen molar-refractivity contribution < 1.29 is 4.79 Å². The van der Waals surface area contributed by atoms with E-state index in [1.54, 1.807) is 18.0 Å². The molecule has 0 spiro atoms. The zero-order chi connectivity index (χ0) is 24.0. The first-order valence-corrected chi connectivity index (χ1v) is 12.8. The summed E-state index contributed by atoms with van der Waals surface area (Å²) in [7, 11) is 1.76. The van der Waals surface area contributed by atoms with Gasteiger partial charge in [-0.25, -0.2) is 4.99 Å². The molecule has 2 aromatic rings. The molecule has 3 saturated carbocycles. The van der Waals surface area contributed by atoms with E-state index in [9.17, 15) is 4.79 Å². The van der Waals surface area contributed by atoms with Crippen molar-refractivity contribution in [3.05, 3.63) is 64.7 Å². The van der Waals surface area contributed by atoms with Gasteiger partial charge in [-0.05, 0) is 72.8 Å². The number of thiocarbonyl (C=S) groups is 1. The lowest BCUT2D eigenvalue weighted by atomic mass is 9.45. The Morgan fingerprint density at radius 1 is 1.21 bits per heavy atom. The van der Waals surface area contributed by atoms with E-state index in [4.69, 9.17) is 28.8 Å². The summed E-state index contributed by atoms with van der Waals surface area (Å²) in [6, 6.07) is 15.4. The highest BCUT2D eigenvalue weighted by atomic mass is 35.5. The summed E-state index contributed by atoms with van der Waals surface area (Å²) in [5.74, 6) is 2.06. The average Bonchev–Trinajstić information content (AvgIpc) is 2.93. The first-order valence-electron chi connectivity index (χ1n) is 12.0. The Balaban J connectivity index is 1.37. The molecule has 3 fully saturated rings. The second-order valence-electron chi connectivity index (χ2n) is 10.4. The molecule has 4 aliphatic rings. The molecular formula is C27H31ClN4OS. The van der Waals surface area contributed by atoms with Crippen molar-refractivity contribution in [2.24, 2.45) is 28.2 Å². The van der Waals surface area contributed by atoms with Crippen LogP contribution in [0.5, 0.6) is 0 Å². The molecule has 2 bridgehead atoms. The highest BCUT2D eigenvalue weighted by Gasteiger charge is 2.53. The van der Waals surface area contributed by atoms with Crippen LogP contribution in [0.1, 0.15) is 44.2 Å². The minimum Gasteiger partial charge on any atom is -0.362 e. The largest absolute Gasteiger partial charge is 0.362 e. The fourth-order valence-electron chi connectivity index (χ4n) is 6.07. The van der Waals surface area contributed by atoms with E-state index in [2.05, 4.69) is 24.5 Å². The number of fused-ring (bicyclic) bond motifs is 3. The number of hydrogen-bond acceptors (Lipinski definition) is 3. The lowest BCUT2D eigenvalue weighted by Gasteiger charge is -2.60. The highest BCUT2D eigenvalue weighted by Crippen LogP contribution is 2.61. The number of nitrogens with one attached hydrogen (secondary N) is 2. The molecule has 5 nitrogen and oxygen atoms in total. The second-order valence-corrected chi connectivity index (χ2v) is 11.2. The molecule has 2 N–H and O–H groups in total. The third kappa shape index (κ3) is 4.11. The Bertz CT molecular complexity index is 1150. The lowest BCUT2D eigenvalue weighted by molar-refractivity contribution is -0.119. The maximum atomic E-state index is 13.4. The first kappa shape index (κ1) is 23.3. The fourth-order valence-corrected chi connectivity index (χ4v) is 6.44. The molecule has 1 heterocycles. The minimum atomic E-state index is -0.831. The Morgan fingerprint density at radius 2 is 1.97 bits per heavy atom. The molecule has 178 valence electrons. The Morgan fingerprint density at radius 3 is 2.68 bits per heavy atom. The van der Waals surface area contributed by atoms with Crippen LogP contribution in [0, 0.1) is 23.2 Å². The zero-order valence-corrected chi connectivity index (χ0v) is 21.4. The minimum absolute atomic E-state index is 0.167. The van der Waals surface area contributed by atoms with Crippen LogP contribution in [0.3, 0.4) is 0 Å². The lowest BCUT2D eigenvalue weighted by Crippen LogP contribution is -2.56. The third-order valence-corrected chi connectivity index (χ3v) is 8.74. The molecular weight excluding hydrogens is 464 g/mol. The van der Waals surface area contributed by atoms with Gasteiger partial charge in [0.25, 0.3) is 5.91 Å². The Labute approximate surface area is 212 Å². The summed E-state index contributed by atoms with van der Waals surface area (Å²) in [5.41, 5.74) is 3.65. The number of hydrogen-bond donors (Lipinski definition) is 2. The number of nitrogens with zero attached hydrogens (tertiary/aromatic N) is 2. The standard InChI is InChI=1S/C27H31ClN4OS/c1-27(2)18-10-9-17(21(27)13-18)15-29-26(34)31-24-25(33)32(3)22-12-11-19(28)14-20(22)23(30-24)16-7-5-4-6-8-16/h4-8,11-12,14,17-18,21,24H,9-10,13,15H2,1-3H3,(H2,29,31,34). The molecule has 0 saturated heterocycles. The predicted molar refractivity (Wildman–Crippen MR) is 143 cm³/mol. The first-order chi connectivity index (χ1) is 16.3. The fraction of sp³-hybridized carbons (Fsp3) is 0.444. The normalized spacial score (nSPS) is 27.1. The van der Waals surface area contributed by atoms with Crippen LogP contribution >= 0.6 is 23.8 Å². The molecule has 1 aliphatic heterocycles. The van der Waals surface area contributed by atoms with Crippen molar-refractivity contribution in [3.8, 4) is 0 Å². The summed E-state index contributed by atoms with van der Waals surface area (Å²) < 4.78 is 0. The van der Waals surface area contributed by atoms with Gasteiger partial charge in [0.15, 0.2) is 5.11 Å². The number of likely N-dealkylation sites (N-methyl/N-ethyl adjacent to an activating group) is 1. The van der Waals surface area contributed by atoms with Crippen LogP contribution in [0.25, 0.3) is 0 Å². The molecule has 4 atom stereocenters. The number of benzodiazepines with no additional fused rings is 1. The molecule has 0 aromatic heterocycles. The third-order valence-electron chi connectivity index (χ3n) is 8.24. The molecule has 3 aliphatic carbocycles. The van der Waals surface area contributed by atoms with E-state index in [0.717, 1.165) is 35.2 Å². The Hall–Kier alpha value is -2.44. The molecule has 4 unspecified atom stereocenters. The topological polar surface area (TPSA) is 56.7 Å². The quantitative estimate of drug-likeness (QED) is 0.586. The zero-order valence-electron chi connectivity index (χ0n) is 19.8. The van der Waals surface area contributed by atoms with Crippen LogP contribution in [-0.4, -0.2) is 36.5 Å². The molecule has 1 amide bonds. The van der Waals surface area contributed by atoms with Crippen molar-refractivity contribution in [1.29, 1.82) is 0 Å². The molecule has 2 aromatic carbocycles. The van der Waals surface area contributed by atoms with E-state index in [0.29, 0.717) is 27.2 Å². The SMILES string of the molecule is CN1C(=O)C(NC(=S)NCC2CCC3CC2C3(C)C)N=C(c2ccccc2)c2cc(Cl)ccc21. The summed E-state index contributed by atoms with van der Waals surface area (Å²) in [6.45, 7) is 5.63. The van der Waals surface area contributed by atoms with Gasteiger partial charge in [-0.1, -0.05) is 55.8 Å². The van der Waals surface area contributed by atoms with Gasteiger partial charge in [0, 0.05) is 29.7 Å². The number of amides is 1. The van der Waals surface area contributed by atoms with Crippen LogP contribution in [0.2, 0.25) is 5.02 Å². The van der Waals surface area contributed by atoms with E-state index in [1.807, 2.05) is 42.5 Å². The van der Waals surface area contributed by atoms with Crippen molar-refractivity contribution >= 4 is 46.2 Å². The number of halogens is 1. The van der Waals surface area contributed by atoms with Crippen LogP contribution in [-0.2, 0) is 4.79 Å². The highest BCUT2D eigenvalue weighted by molar-refractivity contribution is 7.80. The smallest absolute Gasteiger partial charge is 0.272 e. The molecule has 7 heteroatoms. The van der Waals surface area contributed by atoms with Crippen LogP contribution in [0.4, 0.5) is 5.69 Å². The van der Waals surface area contributed by atoms with Crippen LogP contribution < -0.4 is 15.5 Å². The van der Waals surface area contributed by atoms with Gasteiger partial charge >= 0.3 is 0 Å². The van der Waals surface area contributed by atoms with Gasteiger partial charge in [-0.2, -0.15) is 0 Å². The monoisotopic (exact) mass is 494 g/mol. The molecule has 34 heavy (non-hydrogen) atoms. The van der Waals surface area contributed by atoms with Crippen molar-refractivity contribution in [3.63, 3.8) is 0 Å². The molecule has 0 radical (unpaired) electrons.